The summed E-state index contributed by atoms with van der Waals surface area (Å²) in [6.07, 6.45) is -4.37. The molecule has 0 spiro atoms. The fraction of sp³-hybridized carbons (Fsp3) is 0.364. The van der Waals surface area contributed by atoms with Gasteiger partial charge in [-0.2, -0.15) is 13.2 Å². The molecule has 0 unspecified atom stereocenters. The summed E-state index contributed by atoms with van der Waals surface area (Å²) in [5, 5.41) is 9.10. The molecule has 2 aromatic rings. The monoisotopic (exact) mass is 561 g/mol. The number of nitrogens with zero attached hydrogens (tertiary/aromatic N) is 2. The average molecular weight is 561 g/mol. The molecule has 32 heavy (non-hydrogen) atoms. The van der Waals surface area contributed by atoms with Gasteiger partial charge in [0.05, 0.1) is 18.7 Å². The summed E-state index contributed by atoms with van der Waals surface area (Å²) in [4.78, 5) is 18.0. The number of amides is 1. The molecule has 0 bridgehead atoms. The van der Waals surface area contributed by atoms with E-state index in [4.69, 9.17) is 0 Å². The highest BCUT2D eigenvalue weighted by molar-refractivity contribution is 14.0. The van der Waals surface area contributed by atoms with E-state index in [9.17, 15) is 18.0 Å². The molecule has 3 rings (SSSR count). The van der Waals surface area contributed by atoms with Crippen molar-refractivity contribution >= 4 is 41.5 Å². The number of piperazine rings is 1. The predicted molar refractivity (Wildman–Crippen MR) is 130 cm³/mol. The van der Waals surface area contributed by atoms with E-state index in [1.165, 1.54) is 6.07 Å². The van der Waals surface area contributed by atoms with Crippen LogP contribution in [0.15, 0.2) is 53.5 Å². The van der Waals surface area contributed by atoms with Crippen LogP contribution in [0, 0.1) is 0 Å². The molecular formula is C22H27F3IN5O. The van der Waals surface area contributed by atoms with E-state index in [2.05, 4.69) is 20.9 Å². The number of halogens is 4. The molecule has 1 aliphatic rings. The Balaban J connectivity index is 0.00000363. The van der Waals surface area contributed by atoms with Gasteiger partial charge in [-0.1, -0.05) is 24.3 Å². The topological polar surface area (TPSA) is 68.8 Å². The minimum absolute atomic E-state index is 0. The molecule has 2 aromatic carbocycles. The minimum atomic E-state index is -4.37. The van der Waals surface area contributed by atoms with Crippen LogP contribution in [0.5, 0.6) is 0 Å². The van der Waals surface area contributed by atoms with E-state index < -0.39 is 11.7 Å². The van der Waals surface area contributed by atoms with Gasteiger partial charge in [-0.15, -0.1) is 24.0 Å². The van der Waals surface area contributed by atoms with Crippen molar-refractivity contribution in [3.63, 3.8) is 0 Å². The van der Waals surface area contributed by atoms with Crippen molar-refractivity contribution in [3.8, 4) is 0 Å². The number of rotatable bonds is 6. The summed E-state index contributed by atoms with van der Waals surface area (Å²) in [6, 6.07) is 13.1. The van der Waals surface area contributed by atoms with E-state index in [0.717, 1.165) is 29.9 Å². The van der Waals surface area contributed by atoms with Crippen molar-refractivity contribution in [2.24, 2.45) is 4.99 Å². The number of carbonyl (C=O) groups is 1. The van der Waals surface area contributed by atoms with Crippen LogP contribution in [-0.2, 0) is 24.1 Å². The fourth-order valence-corrected chi connectivity index (χ4v) is 3.23. The van der Waals surface area contributed by atoms with Crippen molar-refractivity contribution < 1.29 is 18.0 Å². The predicted octanol–water partition coefficient (Wildman–Crippen LogP) is 3.51. The van der Waals surface area contributed by atoms with Gasteiger partial charge in [-0.3, -0.25) is 4.79 Å². The largest absolute Gasteiger partial charge is 0.416 e. The maximum absolute atomic E-state index is 12.9. The molecule has 0 radical (unpaired) electrons. The van der Waals surface area contributed by atoms with Gasteiger partial charge in [-0.25, -0.2) is 4.99 Å². The van der Waals surface area contributed by atoms with E-state index >= 15 is 0 Å². The molecule has 0 saturated carbocycles. The summed E-state index contributed by atoms with van der Waals surface area (Å²) in [6.45, 7) is 4.96. The van der Waals surface area contributed by atoms with Crippen LogP contribution in [0.1, 0.15) is 23.6 Å². The molecular weight excluding hydrogens is 534 g/mol. The quantitative estimate of drug-likeness (QED) is 0.287. The SMILES string of the molecule is CCNC(=NCc1cccc(C(F)(F)F)c1)NCc1ccc(N2CCNC(=O)C2)cc1.I. The summed E-state index contributed by atoms with van der Waals surface area (Å²) in [5.74, 6) is 0.543. The van der Waals surface area contributed by atoms with Gasteiger partial charge in [0, 0.05) is 31.9 Å². The highest BCUT2D eigenvalue weighted by atomic mass is 127. The standard InChI is InChI=1S/C22H26F3N5O.HI/c1-2-26-21(29-14-17-4-3-5-18(12-17)22(23,24)25)28-13-16-6-8-19(9-7-16)30-11-10-27-20(31)15-30;/h3-9,12H,2,10-11,13-15H2,1H3,(H,27,31)(H2,26,28,29);1H. The molecule has 1 heterocycles. The van der Waals surface area contributed by atoms with E-state index in [0.29, 0.717) is 37.7 Å². The average Bonchev–Trinajstić information content (AvgIpc) is 2.76. The van der Waals surface area contributed by atoms with Crippen molar-refractivity contribution in [2.75, 3.05) is 31.1 Å². The van der Waals surface area contributed by atoms with E-state index in [-0.39, 0.29) is 36.4 Å². The Morgan fingerprint density at radius 1 is 1.12 bits per heavy atom. The fourth-order valence-electron chi connectivity index (χ4n) is 3.23. The molecule has 1 saturated heterocycles. The third-order valence-corrected chi connectivity index (χ3v) is 4.82. The molecule has 10 heteroatoms. The Kier molecular flexibility index (Phi) is 9.60. The van der Waals surface area contributed by atoms with Gasteiger partial charge in [-0.05, 0) is 42.3 Å². The van der Waals surface area contributed by atoms with Crippen LogP contribution in [-0.4, -0.2) is 38.0 Å². The molecule has 174 valence electrons. The van der Waals surface area contributed by atoms with Crippen molar-refractivity contribution in [2.45, 2.75) is 26.2 Å². The van der Waals surface area contributed by atoms with Crippen LogP contribution < -0.4 is 20.9 Å². The van der Waals surface area contributed by atoms with Gasteiger partial charge in [0.2, 0.25) is 5.91 Å². The van der Waals surface area contributed by atoms with Crippen LogP contribution in [0.4, 0.5) is 18.9 Å². The number of guanidine groups is 1. The number of benzene rings is 2. The second kappa shape index (κ2) is 11.9. The Morgan fingerprint density at radius 2 is 1.88 bits per heavy atom. The summed E-state index contributed by atoms with van der Waals surface area (Å²) in [7, 11) is 0. The van der Waals surface area contributed by atoms with Gasteiger partial charge in [0.1, 0.15) is 0 Å². The zero-order valence-electron chi connectivity index (χ0n) is 17.7. The zero-order chi connectivity index (χ0) is 22.3. The number of alkyl halides is 3. The number of carbonyl (C=O) groups excluding carboxylic acids is 1. The van der Waals surface area contributed by atoms with Gasteiger partial charge in [0.25, 0.3) is 0 Å². The first-order chi connectivity index (χ1) is 14.8. The summed E-state index contributed by atoms with van der Waals surface area (Å²) >= 11 is 0. The lowest BCUT2D eigenvalue weighted by molar-refractivity contribution is -0.137. The molecule has 6 nitrogen and oxygen atoms in total. The maximum atomic E-state index is 12.9. The number of aliphatic imine (C=N–C) groups is 1. The number of hydrogen-bond donors (Lipinski definition) is 3. The van der Waals surface area contributed by atoms with Crippen LogP contribution in [0.2, 0.25) is 0 Å². The Bertz CT molecular complexity index is 919. The van der Waals surface area contributed by atoms with Crippen molar-refractivity contribution in [3.05, 3.63) is 65.2 Å². The van der Waals surface area contributed by atoms with E-state index in [1.54, 1.807) is 6.07 Å². The first-order valence-electron chi connectivity index (χ1n) is 10.1. The van der Waals surface area contributed by atoms with Gasteiger partial charge in [0.15, 0.2) is 5.96 Å². The van der Waals surface area contributed by atoms with E-state index in [1.807, 2.05) is 36.1 Å². The molecule has 0 aliphatic carbocycles. The van der Waals surface area contributed by atoms with Gasteiger partial charge < -0.3 is 20.9 Å². The third-order valence-electron chi connectivity index (χ3n) is 4.82. The highest BCUT2D eigenvalue weighted by Gasteiger charge is 2.30. The number of anilines is 1. The van der Waals surface area contributed by atoms with Crippen molar-refractivity contribution in [1.82, 2.24) is 16.0 Å². The smallest absolute Gasteiger partial charge is 0.360 e. The molecule has 1 amide bonds. The summed E-state index contributed by atoms with van der Waals surface area (Å²) in [5.41, 5.74) is 1.82. The van der Waals surface area contributed by atoms with Crippen LogP contribution in [0.25, 0.3) is 0 Å². The molecule has 0 aromatic heterocycles. The summed E-state index contributed by atoms with van der Waals surface area (Å²) < 4.78 is 38.6. The minimum Gasteiger partial charge on any atom is -0.360 e. The van der Waals surface area contributed by atoms with Crippen LogP contribution >= 0.6 is 24.0 Å². The van der Waals surface area contributed by atoms with Gasteiger partial charge >= 0.3 is 6.18 Å². The first kappa shape index (κ1) is 25.8. The van der Waals surface area contributed by atoms with Crippen molar-refractivity contribution in [1.29, 1.82) is 0 Å². The lowest BCUT2D eigenvalue weighted by Crippen LogP contribution is -2.47. The second-order valence-corrected chi connectivity index (χ2v) is 7.18. The molecule has 1 aliphatic heterocycles. The maximum Gasteiger partial charge on any atom is 0.416 e. The number of hydrogen-bond acceptors (Lipinski definition) is 3. The Labute approximate surface area is 202 Å². The Morgan fingerprint density at radius 3 is 2.53 bits per heavy atom. The zero-order valence-corrected chi connectivity index (χ0v) is 20.0. The Hall–Kier alpha value is -2.50. The normalized spacial score (nSPS) is 14.4. The van der Waals surface area contributed by atoms with Crippen LogP contribution in [0.3, 0.4) is 0 Å². The second-order valence-electron chi connectivity index (χ2n) is 7.18. The number of nitrogens with one attached hydrogen (secondary N) is 3. The molecule has 0 atom stereocenters. The lowest BCUT2D eigenvalue weighted by Gasteiger charge is -2.28. The third kappa shape index (κ3) is 7.57. The molecule has 3 N–H and O–H groups in total. The highest BCUT2D eigenvalue weighted by Crippen LogP contribution is 2.29. The first-order valence-corrected chi connectivity index (χ1v) is 10.1. The molecule has 1 fully saturated rings. The lowest BCUT2D eigenvalue weighted by atomic mass is 10.1.